The van der Waals surface area contributed by atoms with Crippen molar-refractivity contribution in [2.24, 2.45) is 10.7 Å². The summed E-state index contributed by atoms with van der Waals surface area (Å²) < 4.78 is 16.0. The number of rotatable bonds is 7. The molecular formula is C26H26FN9O2. The number of nitrogens with two attached hydrogens (primary N) is 1. The number of nitrogens with one attached hydrogen (secondary N) is 2. The van der Waals surface area contributed by atoms with Gasteiger partial charge in [-0.15, -0.1) is 0 Å². The van der Waals surface area contributed by atoms with Gasteiger partial charge in [-0.3, -0.25) is 9.59 Å². The minimum atomic E-state index is -0.772. The number of nitrogens with zero attached hydrogens (tertiary/aromatic N) is 6. The van der Waals surface area contributed by atoms with Crippen molar-refractivity contribution in [2.45, 2.75) is 32.7 Å². The molecule has 0 spiro atoms. The summed E-state index contributed by atoms with van der Waals surface area (Å²) in [7, 11) is 0. The molecule has 0 unspecified atom stereocenters. The molecule has 1 aliphatic rings. The first-order chi connectivity index (χ1) is 18.2. The molecule has 0 saturated heterocycles. The molecule has 0 fully saturated rings. The second kappa shape index (κ2) is 9.61. The molecule has 12 heteroatoms. The average molecular weight is 516 g/mol. The summed E-state index contributed by atoms with van der Waals surface area (Å²) >= 11 is 0. The third-order valence-electron chi connectivity index (χ3n) is 6.38. The molecule has 2 amide bonds. The largest absolute Gasteiger partial charge is 0.386 e. The molecule has 0 radical (unpaired) electrons. The molecule has 5 rings (SSSR count). The van der Waals surface area contributed by atoms with Crippen molar-refractivity contribution < 1.29 is 14.0 Å². The third kappa shape index (κ3) is 4.44. The fourth-order valence-corrected chi connectivity index (χ4v) is 4.33. The van der Waals surface area contributed by atoms with E-state index in [1.165, 1.54) is 13.0 Å². The molecule has 4 N–H and O–H groups in total. The molecular weight excluding hydrogens is 489 g/mol. The Morgan fingerprint density at radius 2 is 1.84 bits per heavy atom. The van der Waals surface area contributed by atoms with Gasteiger partial charge in [0, 0.05) is 37.3 Å². The average Bonchev–Trinajstić information content (AvgIpc) is 3.36. The smallest absolute Gasteiger partial charge is 0.270 e. The molecule has 4 heterocycles. The Morgan fingerprint density at radius 3 is 2.61 bits per heavy atom. The van der Waals surface area contributed by atoms with Gasteiger partial charge in [-0.05, 0) is 32.0 Å². The van der Waals surface area contributed by atoms with Gasteiger partial charge in [-0.2, -0.15) is 5.10 Å². The molecule has 4 aromatic rings. The van der Waals surface area contributed by atoms with Gasteiger partial charge in [0.15, 0.2) is 17.3 Å². The zero-order valence-corrected chi connectivity index (χ0v) is 21.1. The molecule has 1 aliphatic heterocycles. The van der Waals surface area contributed by atoms with Crippen molar-refractivity contribution in [1.82, 2.24) is 35.4 Å². The van der Waals surface area contributed by atoms with Gasteiger partial charge in [0.25, 0.3) is 5.91 Å². The van der Waals surface area contributed by atoms with Crippen molar-refractivity contribution in [2.75, 3.05) is 13.1 Å². The Bertz CT molecular complexity index is 1610. The van der Waals surface area contributed by atoms with Gasteiger partial charge in [-0.1, -0.05) is 18.2 Å². The normalized spacial score (nSPS) is 13.7. The van der Waals surface area contributed by atoms with E-state index in [-0.39, 0.29) is 48.7 Å². The number of amides is 2. The number of hydrogen-bond donors (Lipinski definition) is 3. The first-order valence-corrected chi connectivity index (χ1v) is 12.0. The lowest BCUT2D eigenvalue weighted by Crippen LogP contribution is -2.37. The number of benzene rings is 1. The van der Waals surface area contributed by atoms with E-state index in [2.05, 4.69) is 35.7 Å². The Balaban J connectivity index is 1.60. The maximum atomic E-state index is 14.4. The van der Waals surface area contributed by atoms with Crippen LogP contribution in [-0.2, 0) is 16.8 Å². The van der Waals surface area contributed by atoms with E-state index in [0.717, 1.165) is 0 Å². The van der Waals surface area contributed by atoms with E-state index in [0.29, 0.717) is 33.7 Å². The molecule has 11 nitrogen and oxygen atoms in total. The van der Waals surface area contributed by atoms with Crippen LogP contribution in [0.2, 0.25) is 0 Å². The van der Waals surface area contributed by atoms with Crippen molar-refractivity contribution in [3.8, 4) is 11.5 Å². The Hall–Kier alpha value is -4.74. The van der Waals surface area contributed by atoms with Crippen LogP contribution in [0, 0.1) is 5.82 Å². The van der Waals surface area contributed by atoms with Crippen LogP contribution in [0.5, 0.6) is 0 Å². The Labute approximate surface area is 217 Å². The first kappa shape index (κ1) is 24.9. The minimum absolute atomic E-state index is 0.114. The second-order valence-electron chi connectivity index (χ2n) is 9.43. The van der Waals surface area contributed by atoms with Crippen LogP contribution in [-0.4, -0.2) is 55.5 Å². The van der Waals surface area contributed by atoms with Gasteiger partial charge in [0.2, 0.25) is 5.91 Å². The number of carbonyl (C=O) groups excluding carboxylic acids is 2. The van der Waals surface area contributed by atoms with Gasteiger partial charge in [-0.25, -0.2) is 29.0 Å². The van der Waals surface area contributed by atoms with Crippen LogP contribution >= 0.6 is 0 Å². The van der Waals surface area contributed by atoms with Crippen LogP contribution < -0.4 is 16.4 Å². The molecule has 194 valence electrons. The maximum Gasteiger partial charge on any atom is 0.270 e. The monoisotopic (exact) mass is 515 g/mol. The van der Waals surface area contributed by atoms with Gasteiger partial charge in [0.05, 0.1) is 17.3 Å². The maximum absolute atomic E-state index is 14.4. The summed E-state index contributed by atoms with van der Waals surface area (Å²) in [4.78, 5) is 42.6. The third-order valence-corrected chi connectivity index (χ3v) is 6.38. The van der Waals surface area contributed by atoms with Crippen LogP contribution in [0.25, 0.3) is 22.6 Å². The first-order valence-electron chi connectivity index (χ1n) is 12.0. The highest BCUT2D eigenvalue weighted by atomic mass is 19.1. The highest BCUT2D eigenvalue weighted by molar-refractivity contribution is 6.04. The van der Waals surface area contributed by atoms with Crippen molar-refractivity contribution >= 4 is 34.5 Å². The molecule has 1 aromatic carbocycles. The van der Waals surface area contributed by atoms with Crippen molar-refractivity contribution in [1.29, 1.82) is 0 Å². The zero-order valence-electron chi connectivity index (χ0n) is 21.1. The lowest BCUT2D eigenvalue weighted by Gasteiger charge is -2.21. The highest BCUT2D eigenvalue weighted by Crippen LogP contribution is 2.40. The minimum Gasteiger partial charge on any atom is -0.386 e. The summed E-state index contributed by atoms with van der Waals surface area (Å²) in [6.07, 6.45) is 1.62. The number of carbonyl (C=O) groups is 2. The van der Waals surface area contributed by atoms with Crippen molar-refractivity contribution in [3.63, 3.8) is 0 Å². The Kier molecular flexibility index (Phi) is 6.31. The van der Waals surface area contributed by atoms with E-state index in [1.807, 2.05) is 19.9 Å². The van der Waals surface area contributed by atoms with Gasteiger partial charge < -0.3 is 16.4 Å². The van der Waals surface area contributed by atoms with E-state index < -0.39 is 11.3 Å². The van der Waals surface area contributed by atoms with E-state index >= 15 is 0 Å². The van der Waals surface area contributed by atoms with Gasteiger partial charge in [0.1, 0.15) is 23.0 Å². The highest BCUT2D eigenvalue weighted by Gasteiger charge is 2.40. The molecule has 0 aliphatic carbocycles. The van der Waals surface area contributed by atoms with E-state index in [1.54, 1.807) is 35.1 Å². The van der Waals surface area contributed by atoms with Crippen LogP contribution in [0.1, 0.15) is 42.4 Å². The molecule has 0 atom stereocenters. The van der Waals surface area contributed by atoms with Crippen LogP contribution in [0.15, 0.2) is 47.6 Å². The topological polar surface area (TPSA) is 153 Å². The standard InChI is InChI=1S/C26H26FN9O2/c1-14(37)29-11-12-31-24(38)20-18-21(34-25(28)26(18,2)3)33-22(32-20)19-16-8-6-10-30-23(16)36(35-19)13-15-7-4-5-9-17(15)27/h4-10H,11-13H2,1-3H3,(H,29,37)(H,31,38)(H2,28,32,33,34). The number of halogens is 1. The SMILES string of the molecule is CC(=O)NCCNC(=O)c1nc(-c2nn(Cc3ccccc3F)c3ncccc23)nc2c1C(C)(C)C(N)=N2. The van der Waals surface area contributed by atoms with E-state index in [4.69, 9.17) is 5.73 Å². The molecule has 0 saturated carbocycles. The number of amidine groups is 1. The summed E-state index contributed by atoms with van der Waals surface area (Å²) in [6.45, 7) is 5.69. The number of hydrogen-bond acceptors (Lipinski definition) is 8. The summed E-state index contributed by atoms with van der Waals surface area (Å²) in [5.74, 6) is -0.254. The van der Waals surface area contributed by atoms with Crippen LogP contribution in [0.3, 0.4) is 0 Å². The predicted octanol–water partition coefficient (Wildman–Crippen LogP) is 2.22. The van der Waals surface area contributed by atoms with Crippen LogP contribution in [0.4, 0.5) is 10.2 Å². The molecule has 3 aromatic heterocycles. The fourth-order valence-electron chi connectivity index (χ4n) is 4.33. The number of fused-ring (bicyclic) bond motifs is 2. The zero-order chi connectivity index (χ0) is 27.0. The molecule has 0 bridgehead atoms. The predicted molar refractivity (Wildman–Crippen MR) is 139 cm³/mol. The number of aromatic nitrogens is 5. The summed E-state index contributed by atoms with van der Waals surface area (Å²) in [5.41, 5.74) is 7.39. The number of pyridine rings is 1. The van der Waals surface area contributed by atoms with E-state index in [9.17, 15) is 14.0 Å². The lowest BCUT2D eigenvalue weighted by atomic mass is 9.84. The number of aliphatic imine (C=N–C) groups is 1. The summed E-state index contributed by atoms with van der Waals surface area (Å²) in [5, 5.41) is 10.7. The quantitative estimate of drug-likeness (QED) is 0.319. The second-order valence-corrected chi connectivity index (χ2v) is 9.43. The lowest BCUT2D eigenvalue weighted by molar-refractivity contribution is -0.118. The Morgan fingerprint density at radius 1 is 1.08 bits per heavy atom. The fraction of sp³-hybridized carbons (Fsp3) is 0.269. The van der Waals surface area contributed by atoms with Gasteiger partial charge >= 0.3 is 0 Å². The summed E-state index contributed by atoms with van der Waals surface area (Å²) in [6, 6.07) is 10.0. The van der Waals surface area contributed by atoms with Crippen molar-refractivity contribution in [3.05, 3.63) is 65.2 Å². The molecule has 38 heavy (non-hydrogen) atoms.